The quantitative estimate of drug-likeness (QED) is 0.674. The van der Waals surface area contributed by atoms with E-state index in [0.29, 0.717) is 18.8 Å². The Bertz CT molecular complexity index is 286. The molecular formula is C12H21NO4. The Morgan fingerprint density at radius 1 is 1.18 bits per heavy atom. The van der Waals surface area contributed by atoms with Gasteiger partial charge in [-0.05, 0) is 25.7 Å². The molecule has 5 nitrogen and oxygen atoms in total. The first-order valence-corrected chi connectivity index (χ1v) is 5.84. The standard InChI is InChI=1S/C12H21NO4/c1-8(2)7-10(9(3)14)13-11(15)5-4-6-12(16)17/h8,10H,4-7H2,1-3H3,(H,13,15)(H,16,17)/t10-/m0/s1. The Labute approximate surface area is 102 Å². The number of carbonyl (C=O) groups is 3. The minimum atomic E-state index is -0.914. The fourth-order valence-electron chi connectivity index (χ4n) is 1.46. The van der Waals surface area contributed by atoms with Crippen molar-refractivity contribution in [2.75, 3.05) is 0 Å². The normalized spacial score (nSPS) is 12.2. The molecule has 98 valence electrons. The molecule has 0 aromatic heterocycles. The van der Waals surface area contributed by atoms with E-state index in [4.69, 9.17) is 5.11 Å². The van der Waals surface area contributed by atoms with Gasteiger partial charge in [-0.1, -0.05) is 13.8 Å². The van der Waals surface area contributed by atoms with Crippen LogP contribution in [0.3, 0.4) is 0 Å². The molecule has 0 radical (unpaired) electrons. The van der Waals surface area contributed by atoms with Gasteiger partial charge in [0.1, 0.15) is 0 Å². The summed E-state index contributed by atoms with van der Waals surface area (Å²) in [5.41, 5.74) is 0. The molecular weight excluding hydrogens is 222 g/mol. The van der Waals surface area contributed by atoms with E-state index in [-0.39, 0.29) is 24.5 Å². The summed E-state index contributed by atoms with van der Waals surface area (Å²) in [5.74, 6) is -0.913. The zero-order chi connectivity index (χ0) is 13.4. The van der Waals surface area contributed by atoms with Gasteiger partial charge in [0, 0.05) is 12.8 Å². The minimum absolute atomic E-state index is 0.0255. The molecule has 0 saturated heterocycles. The van der Waals surface area contributed by atoms with Crippen LogP contribution in [-0.4, -0.2) is 28.8 Å². The zero-order valence-corrected chi connectivity index (χ0v) is 10.7. The zero-order valence-electron chi connectivity index (χ0n) is 10.7. The van der Waals surface area contributed by atoms with Crippen molar-refractivity contribution in [3.8, 4) is 0 Å². The summed E-state index contributed by atoms with van der Waals surface area (Å²) >= 11 is 0. The molecule has 0 spiro atoms. The molecule has 2 N–H and O–H groups in total. The van der Waals surface area contributed by atoms with E-state index < -0.39 is 12.0 Å². The number of ketones is 1. The van der Waals surface area contributed by atoms with Crippen molar-refractivity contribution in [1.29, 1.82) is 0 Å². The molecule has 5 heteroatoms. The highest BCUT2D eigenvalue weighted by Gasteiger charge is 2.18. The van der Waals surface area contributed by atoms with E-state index in [1.165, 1.54) is 6.92 Å². The fourth-order valence-corrected chi connectivity index (χ4v) is 1.46. The second-order valence-corrected chi connectivity index (χ2v) is 4.61. The van der Waals surface area contributed by atoms with E-state index >= 15 is 0 Å². The van der Waals surface area contributed by atoms with Crippen LogP contribution in [0, 0.1) is 5.92 Å². The van der Waals surface area contributed by atoms with Crippen LogP contribution in [0.25, 0.3) is 0 Å². The second-order valence-electron chi connectivity index (χ2n) is 4.61. The molecule has 0 aromatic rings. The first-order chi connectivity index (χ1) is 7.82. The predicted octanol–water partition coefficient (Wildman–Crippen LogP) is 1.36. The van der Waals surface area contributed by atoms with E-state index in [2.05, 4.69) is 5.32 Å². The summed E-state index contributed by atoms with van der Waals surface area (Å²) in [6, 6.07) is -0.452. The Balaban J connectivity index is 4.04. The van der Waals surface area contributed by atoms with Gasteiger partial charge in [0.2, 0.25) is 5.91 Å². The number of amides is 1. The minimum Gasteiger partial charge on any atom is -0.481 e. The molecule has 0 aliphatic heterocycles. The van der Waals surface area contributed by atoms with Crippen LogP contribution in [-0.2, 0) is 14.4 Å². The van der Waals surface area contributed by atoms with Crippen LogP contribution < -0.4 is 5.32 Å². The Morgan fingerprint density at radius 2 is 1.76 bits per heavy atom. The summed E-state index contributed by atoms with van der Waals surface area (Å²) in [5, 5.41) is 11.1. The maximum absolute atomic E-state index is 11.5. The van der Waals surface area contributed by atoms with E-state index in [1.54, 1.807) is 0 Å². The molecule has 0 aromatic carbocycles. The maximum atomic E-state index is 11.5. The van der Waals surface area contributed by atoms with Crippen LogP contribution in [0.4, 0.5) is 0 Å². The van der Waals surface area contributed by atoms with Crippen LogP contribution in [0.5, 0.6) is 0 Å². The van der Waals surface area contributed by atoms with Crippen molar-refractivity contribution in [3.05, 3.63) is 0 Å². The lowest BCUT2D eigenvalue weighted by molar-refractivity contribution is -0.137. The molecule has 0 aliphatic rings. The third-order valence-corrected chi connectivity index (χ3v) is 2.33. The van der Waals surface area contributed by atoms with Gasteiger partial charge in [-0.25, -0.2) is 0 Å². The number of aliphatic carboxylic acids is 1. The van der Waals surface area contributed by atoms with Gasteiger partial charge >= 0.3 is 5.97 Å². The Kier molecular flexibility index (Phi) is 7.18. The molecule has 17 heavy (non-hydrogen) atoms. The summed E-state index contributed by atoms with van der Waals surface area (Å²) < 4.78 is 0. The van der Waals surface area contributed by atoms with Gasteiger partial charge in [0.25, 0.3) is 0 Å². The van der Waals surface area contributed by atoms with Crippen LogP contribution in [0.2, 0.25) is 0 Å². The van der Waals surface area contributed by atoms with Gasteiger partial charge in [-0.15, -0.1) is 0 Å². The highest BCUT2D eigenvalue weighted by Crippen LogP contribution is 2.06. The van der Waals surface area contributed by atoms with Crippen molar-refractivity contribution in [1.82, 2.24) is 5.32 Å². The molecule has 0 aliphatic carbocycles. The van der Waals surface area contributed by atoms with Gasteiger partial charge in [0.15, 0.2) is 5.78 Å². The Hall–Kier alpha value is -1.39. The third-order valence-electron chi connectivity index (χ3n) is 2.33. The number of rotatable bonds is 8. The highest BCUT2D eigenvalue weighted by molar-refractivity contribution is 5.87. The third kappa shape index (κ3) is 8.42. The summed E-state index contributed by atoms with van der Waals surface area (Å²) in [7, 11) is 0. The van der Waals surface area contributed by atoms with Crippen molar-refractivity contribution >= 4 is 17.7 Å². The molecule has 1 amide bonds. The number of hydrogen-bond acceptors (Lipinski definition) is 3. The molecule has 0 saturated carbocycles. The van der Waals surface area contributed by atoms with Crippen molar-refractivity contribution in [2.45, 2.75) is 52.5 Å². The molecule has 0 fully saturated rings. The molecule has 0 heterocycles. The monoisotopic (exact) mass is 243 g/mol. The van der Waals surface area contributed by atoms with E-state index in [9.17, 15) is 14.4 Å². The number of nitrogens with one attached hydrogen (secondary N) is 1. The average Bonchev–Trinajstić information content (AvgIpc) is 2.15. The Morgan fingerprint density at radius 3 is 2.18 bits per heavy atom. The van der Waals surface area contributed by atoms with E-state index in [1.807, 2.05) is 13.8 Å². The maximum Gasteiger partial charge on any atom is 0.303 e. The number of carboxylic acid groups (broad SMARTS) is 1. The van der Waals surface area contributed by atoms with Gasteiger partial charge in [-0.2, -0.15) is 0 Å². The SMILES string of the molecule is CC(=O)[C@H](CC(C)C)NC(=O)CCCC(=O)O. The molecule has 0 bridgehead atoms. The van der Waals surface area contributed by atoms with Crippen LogP contribution in [0.1, 0.15) is 46.5 Å². The molecule has 0 rings (SSSR count). The second kappa shape index (κ2) is 7.81. The van der Waals surface area contributed by atoms with Gasteiger partial charge in [0.05, 0.1) is 6.04 Å². The van der Waals surface area contributed by atoms with Crippen molar-refractivity contribution in [2.24, 2.45) is 5.92 Å². The average molecular weight is 243 g/mol. The van der Waals surface area contributed by atoms with Crippen LogP contribution >= 0.6 is 0 Å². The summed E-state index contributed by atoms with van der Waals surface area (Å²) in [4.78, 5) is 33.0. The number of Topliss-reactive ketones (excluding diaryl/α,β-unsaturated/α-hetero) is 1. The van der Waals surface area contributed by atoms with Crippen molar-refractivity contribution in [3.63, 3.8) is 0 Å². The lowest BCUT2D eigenvalue weighted by Crippen LogP contribution is -2.40. The molecule has 0 unspecified atom stereocenters. The first kappa shape index (κ1) is 15.6. The predicted molar refractivity (Wildman–Crippen MR) is 63.6 cm³/mol. The fraction of sp³-hybridized carbons (Fsp3) is 0.750. The number of carbonyl (C=O) groups excluding carboxylic acids is 2. The van der Waals surface area contributed by atoms with Gasteiger partial charge in [-0.3, -0.25) is 14.4 Å². The lowest BCUT2D eigenvalue weighted by atomic mass is 10.0. The number of hydrogen-bond donors (Lipinski definition) is 2. The van der Waals surface area contributed by atoms with Gasteiger partial charge < -0.3 is 10.4 Å². The largest absolute Gasteiger partial charge is 0.481 e. The highest BCUT2D eigenvalue weighted by atomic mass is 16.4. The lowest BCUT2D eigenvalue weighted by Gasteiger charge is -2.17. The summed E-state index contributed by atoms with van der Waals surface area (Å²) in [6.45, 7) is 5.41. The summed E-state index contributed by atoms with van der Waals surface area (Å²) in [6.07, 6.45) is 1.03. The molecule has 1 atom stereocenters. The van der Waals surface area contributed by atoms with E-state index in [0.717, 1.165) is 0 Å². The smallest absolute Gasteiger partial charge is 0.303 e. The topological polar surface area (TPSA) is 83.5 Å². The van der Waals surface area contributed by atoms with Crippen molar-refractivity contribution < 1.29 is 19.5 Å². The number of carboxylic acids is 1. The first-order valence-electron chi connectivity index (χ1n) is 5.84. The van der Waals surface area contributed by atoms with Crippen LogP contribution in [0.15, 0.2) is 0 Å².